The number of likely N-dealkylation sites (tertiary alicyclic amines) is 1. The van der Waals surface area contributed by atoms with Crippen LogP contribution in [-0.4, -0.2) is 50.0 Å². The summed E-state index contributed by atoms with van der Waals surface area (Å²) >= 11 is 0. The van der Waals surface area contributed by atoms with Gasteiger partial charge in [0, 0.05) is 6.54 Å². The predicted octanol–water partition coefficient (Wildman–Crippen LogP) is 1.16. The van der Waals surface area contributed by atoms with E-state index < -0.39 is 6.04 Å². The van der Waals surface area contributed by atoms with Crippen molar-refractivity contribution in [2.24, 2.45) is 5.73 Å². The molecule has 0 bridgehead atoms. The molecule has 20 heavy (non-hydrogen) atoms. The highest BCUT2D eigenvalue weighted by atomic mass is 16.5. The minimum Gasteiger partial charge on any atom is -0.493 e. The lowest BCUT2D eigenvalue weighted by molar-refractivity contribution is 0.101. The molecule has 0 radical (unpaired) electrons. The second-order valence-corrected chi connectivity index (χ2v) is 5.34. The highest BCUT2D eigenvalue weighted by Gasteiger charge is 2.20. The van der Waals surface area contributed by atoms with Crippen LogP contribution in [0.1, 0.15) is 24.4 Å². The Balaban J connectivity index is 2.10. The molecule has 1 fully saturated rings. The maximum Gasteiger partial charge on any atom is 0.161 e. The number of aliphatic hydroxyl groups is 1. The number of nitrogens with two attached hydrogens (primary N) is 1. The van der Waals surface area contributed by atoms with Gasteiger partial charge in [0.15, 0.2) is 11.5 Å². The van der Waals surface area contributed by atoms with E-state index in [4.69, 9.17) is 20.3 Å². The summed E-state index contributed by atoms with van der Waals surface area (Å²) in [6.07, 6.45) is 2.41. The fourth-order valence-corrected chi connectivity index (χ4v) is 2.51. The molecule has 5 heteroatoms. The van der Waals surface area contributed by atoms with Crippen LogP contribution in [0.25, 0.3) is 0 Å². The number of rotatable bonds is 5. The first-order valence-corrected chi connectivity index (χ1v) is 7.03. The van der Waals surface area contributed by atoms with Crippen LogP contribution in [0, 0.1) is 0 Å². The third kappa shape index (κ3) is 3.62. The van der Waals surface area contributed by atoms with Crippen LogP contribution < -0.4 is 15.2 Å². The Bertz CT molecular complexity index is 439. The molecule has 2 rings (SSSR count). The zero-order chi connectivity index (χ0) is 14.5. The number of hydrogen-bond acceptors (Lipinski definition) is 5. The Morgan fingerprint density at radius 2 is 2.25 bits per heavy atom. The maximum atomic E-state index is 9.11. The Morgan fingerprint density at radius 3 is 2.90 bits per heavy atom. The van der Waals surface area contributed by atoms with Gasteiger partial charge in [-0.05, 0) is 44.1 Å². The number of benzene rings is 1. The molecule has 0 spiro atoms. The third-order valence-corrected chi connectivity index (χ3v) is 3.69. The minimum atomic E-state index is -0.390. The standard InChI is InChI=1S/C15H24N2O3/c1-17-7-3-4-12(9-17)20-14-6-5-11(13(16)10-18)8-15(14)19-2/h5-6,8,12-13,18H,3-4,7,9-10,16H2,1-2H3. The lowest BCUT2D eigenvalue weighted by atomic mass is 10.1. The smallest absolute Gasteiger partial charge is 0.161 e. The van der Waals surface area contributed by atoms with E-state index in [1.165, 1.54) is 0 Å². The van der Waals surface area contributed by atoms with Gasteiger partial charge < -0.3 is 25.2 Å². The third-order valence-electron chi connectivity index (χ3n) is 3.69. The van der Waals surface area contributed by atoms with Gasteiger partial charge >= 0.3 is 0 Å². The molecule has 3 N–H and O–H groups in total. The first-order chi connectivity index (χ1) is 9.63. The van der Waals surface area contributed by atoms with Gasteiger partial charge in [-0.1, -0.05) is 6.07 Å². The van der Waals surface area contributed by atoms with E-state index in [9.17, 15) is 0 Å². The zero-order valence-corrected chi connectivity index (χ0v) is 12.2. The van der Waals surface area contributed by atoms with Gasteiger partial charge in [0.05, 0.1) is 19.8 Å². The summed E-state index contributed by atoms with van der Waals surface area (Å²) in [5.41, 5.74) is 6.66. The zero-order valence-electron chi connectivity index (χ0n) is 12.2. The molecule has 2 atom stereocenters. The molecule has 112 valence electrons. The van der Waals surface area contributed by atoms with Crippen LogP contribution in [0.4, 0.5) is 0 Å². The van der Waals surface area contributed by atoms with Crippen LogP contribution >= 0.6 is 0 Å². The quantitative estimate of drug-likeness (QED) is 0.847. The van der Waals surface area contributed by atoms with Crippen molar-refractivity contribution in [2.45, 2.75) is 25.0 Å². The molecule has 0 aromatic heterocycles. The van der Waals surface area contributed by atoms with Crippen molar-refractivity contribution in [2.75, 3.05) is 33.9 Å². The maximum absolute atomic E-state index is 9.11. The van der Waals surface area contributed by atoms with Crippen LogP contribution in [0.5, 0.6) is 11.5 Å². The number of piperidine rings is 1. The summed E-state index contributed by atoms with van der Waals surface area (Å²) in [4.78, 5) is 2.27. The van der Waals surface area contributed by atoms with Crippen molar-refractivity contribution in [3.8, 4) is 11.5 Å². The first kappa shape index (κ1) is 15.1. The van der Waals surface area contributed by atoms with Crippen molar-refractivity contribution in [1.82, 2.24) is 4.90 Å². The fourth-order valence-electron chi connectivity index (χ4n) is 2.51. The number of aliphatic hydroxyl groups excluding tert-OH is 1. The molecule has 1 aromatic rings. The summed E-state index contributed by atoms with van der Waals surface area (Å²) in [5.74, 6) is 1.40. The summed E-state index contributed by atoms with van der Waals surface area (Å²) in [5, 5.41) is 9.11. The molecule has 2 unspecified atom stereocenters. The molecule has 1 heterocycles. The molecule has 5 nitrogen and oxygen atoms in total. The van der Waals surface area contributed by atoms with Crippen LogP contribution in [0.3, 0.4) is 0 Å². The van der Waals surface area contributed by atoms with Crippen molar-refractivity contribution in [3.05, 3.63) is 23.8 Å². The Kier molecular flexibility index (Phi) is 5.23. The average Bonchev–Trinajstić information content (AvgIpc) is 2.47. The van der Waals surface area contributed by atoms with Crippen LogP contribution in [0.2, 0.25) is 0 Å². The van der Waals surface area contributed by atoms with Crippen molar-refractivity contribution in [1.29, 1.82) is 0 Å². The Labute approximate surface area is 120 Å². The van der Waals surface area contributed by atoms with E-state index in [-0.39, 0.29) is 12.7 Å². The van der Waals surface area contributed by atoms with Gasteiger partial charge in [0.1, 0.15) is 6.10 Å². The van der Waals surface area contributed by atoms with Gasteiger partial charge in [-0.25, -0.2) is 0 Å². The summed E-state index contributed by atoms with van der Waals surface area (Å²) < 4.78 is 11.4. The molecule has 1 saturated heterocycles. The molecular formula is C15H24N2O3. The van der Waals surface area contributed by atoms with Gasteiger partial charge in [0.2, 0.25) is 0 Å². The summed E-state index contributed by atoms with van der Waals surface area (Å²) in [7, 11) is 3.72. The normalized spacial score (nSPS) is 21.5. The van der Waals surface area contributed by atoms with E-state index >= 15 is 0 Å². The molecule has 1 aliphatic heterocycles. The number of ether oxygens (including phenoxy) is 2. The topological polar surface area (TPSA) is 68.0 Å². The molecule has 0 aliphatic carbocycles. The SMILES string of the molecule is COc1cc(C(N)CO)ccc1OC1CCCN(C)C1. The van der Waals surface area contributed by atoms with Crippen molar-refractivity contribution >= 4 is 0 Å². The van der Waals surface area contributed by atoms with E-state index in [0.29, 0.717) is 5.75 Å². The average molecular weight is 280 g/mol. The second-order valence-electron chi connectivity index (χ2n) is 5.34. The summed E-state index contributed by atoms with van der Waals surface area (Å²) in [6.45, 7) is 1.97. The van der Waals surface area contributed by atoms with Gasteiger partial charge in [0.25, 0.3) is 0 Å². The highest BCUT2D eigenvalue weighted by Crippen LogP contribution is 2.31. The van der Waals surface area contributed by atoms with E-state index in [1.807, 2.05) is 18.2 Å². The van der Waals surface area contributed by atoms with Crippen LogP contribution in [-0.2, 0) is 0 Å². The largest absolute Gasteiger partial charge is 0.493 e. The lowest BCUT2D eigenvalue weighted by Crippen LogP contribution is -2.38. The minimum absolute atomic E-state index is 0.0865. The van der Waals surface area contributed by atoms with Crippen molar-refractivity contribution < 1.29 is 14.6 Å². The van der Waals surface area contributed by atoms with E-state index in [0.717, 1.165) is 37.2 Å². The van der Waals surface area contributed by atoms with Gasteiger partial charge in [-0.3, -0.25) is 0 Å². The fraction of sp³-hybridized carbons (Fsp3) is 0.600. The monoisotopic (exact) mass is 280 g/mol. The number of likely N-dealkylation sites (N-methyl/N-ethyl adjacent to an activating group) is 1. The Hall–Kier alpha value is -1.30. The molecule has 1 aromatic carbocycles. The first-order valence-electron chi connectivity index (χ1n) is 7.03. The highest BCUT2D eigenvalue weighted by molar-refractivity contribution is 5.44. The molecule has 0 saturated carbocycles. The van der Waals surface area contributed by atoms with Crippen LogP contribution in [0.15, 0.2) is 18.2 Å². The number of methoxy groups -OCH3 is 1. The summed E-state index contributed by atoms with van der Waals surface area (Å²) in [6, 6.07) is 5.20. The molecule has 1 aliphatic rings. The molecular weight excluding hydrogens is 256 g/mol. The predicted molar refractivity (Wildman–Crippen MR) is 78.2 cm³/mol. The van der Waals surface area contributed by atoms with E-state index in [1.54, 1.807) is 7.11 Å². The van der Waals surface area contributed by atoms with E-state index in [2.05, 4.69) is 11.9 Å². The lowest BCUT2D eigenvalue weighted by Gasteiger charge is -2.30. The Morgan fingerprint density at radius 1 is 1.45 bits per heavy atom. The van der Waals surface area contributed by atoms with Gasteiger partial charge in [-0.2, -0.15) is 0 Å². The second kappa shape index (κ2) is 6.92. The number of hydrogen-bond donors (Lipinski definition) is 2. The van der Waals surface area contributed by atoms with Gasteiger partial charge in [-0.15, -0.1) is 0 Å². The van der Waals surface area contributed by atoms with Crippen molar-refractivity contribution in [3.63, 3.8) is 0 Å². The number of nitrogens with zero attached hydrogens (tertiary/aromatic N) is 1. The molecule has 0 amide bonds.